The van der Waals surface area contributed by atoms with Crippen molar-refractivity contribution in [2.75, 3.05) is 0 Å². The molecule has 28 heavy (non-hydrogen) atoms. The van der Waals surface area contributed by atoms with Crippen LogP contribution in [0.2, 0.25) is 0 Å². The minimum atomic E-state index is -1.29. The highest BCUT2D eigenvalue weighted by atomic mass is 19.1. The number of fused-ring (bicyclic) bond motifs is 1. The molecular formula is C19H18F4N4O. The lowest BCUT2D eigenvalue weighted by atomic mass is 9.78. The third kappa shape index (κ3) is 3.49. The Morgan fingerprint density at radius 3 is 2.32 bits per heavy atom. The van der Waals surface area contributed by atoms with Crippen LogP contribution in [0.5, 0.6) is 0 Å². The van der Waals surface area contributed by atoms with Gasteiger partial charge in [0.05, 0.1) is 17.3 Å². The van der Waals surface area contributed by atoms with Gasteiger partial charge in [0.15, 0.2) is 5.65 Å². The normalized spacial score (nSPS) is 13.1. The first-order valence-electron chi connectivity index (χ1n) is 8.49. The Kier molecular flexibility index (Phi) is 4.97. The smallest absolute Gasteiger partial charge is 0.267 e. The molecule has 0 saturated carbocycles. The zero-order valence-electron chi connectivity index (χ0n) is 15.4. The molecule has 1 unspecified atom stereocenters. The summed E-state index contributed by atoms with van der Waals surface area (Å²) in [6, 6.07) is 0.529. The number of rotatable bonds is 4. The molecule has 0 bridgehead atoms. The van der Waals surface area contributed by atoms with Gasteiger partial charge in [0.2, 0.25) is 5.95 Å². The van der Waals surface area contributed by atoms with Gasteiger partial charge in [-0.15, -0.1) is 0 Å². The number of nitrogens with two attached hydrogens (primary N) is 1. The summed E-state index contributed by atoms with van der Waals surface area (Å²) in [5.74, 6) is -4.90. The van der Waals surface area contributed by atoms with Crippen LogP contribution in [0.25, 0.3) is 22.3 Å². The van der Waals surface area contributed by atoms with Gasteiger partial charge in [-0.25, -0.2) is 18.2 Å². The van der Waals surface area contributed by atoms with Crippen molar-refractivity contribution in [1.29, 1.82) is 0 Å². The second kappa shape index (κ2) is 6.97. The first-order chi connectivity index (χ1) is 13.0. The molecule has 0 saturated heterocycles. The van der Waals surface area contributed by atoms with Gasteiger partial charge in [0.1, 0.15) is 17.5 Å². The van der Waals surface area contributed by atoms with Gasteiger partial charge < -0.3 is 10.7 Å². The fraction of sp³-hybridized carbons (Fsp3) is 0.316. The first kappa shape index (κ1) is 19.9. The van der Waals surface area contributed by atoms with Crippen molar-refractivity contribution in [3.63, 3.8) is 0 Å². The number of hydrogen-bond acceptors (Lipinski definition) is 4. The topological polar surface area (TPSA) is 84.7 Å². The highest BCUT2D eigenvalue weighted by molar-refractivity contribution is 5.84. The van der Waals surface area contributed by atoms with Gasteiger partial charge in [-0.2, -0.15) is 9.37 Å². The fourth-order valence-electron chi connectivity index (χ4n) is 2.92. The number of aromatic amines is 1. The van der Waals surface area contributed by atoms with Crippen molar-refractivity contribution in [2.24, 2.45) is 11.1 Å². The molecule has 3 aromatic rings. The largest absolute Gasteiger partial charge is 0.327 e. The average molecular weight is 394 g/mol. The summed E-state index contributed by atoms with van der Waals surface area (Å²) in [7, 11) is 0. The van der Waals surface area contributed by atoms with Crippen LogP contribution in [-0.4, -0.2) is 21.0 Å². The highest BCUT2D eigenvalue weighted by Gasteiger charge is 2.30. The number of aromatic nitrogens is 3. The third-order valence-corrected chi connectivity index (χ3v) is 4.91. The maximum atomic E-state index is 14.9. The zero-order chi connectivity index (χ0) is 20.8. The first-order valence-corrected chi connectivity index (χ1v) is 8.49. The Labute approximate surface area is 157 Å². The molecule has 0 spiro atoms. The summed E-state index contributed by atoms with van der Waals surface area (Å²) >= 11 is 0. The van der Waals surface area contributed by atoms with Crippen LogP contribution in [-0.2, 0) is 6.42 Å². The maximum Gasteiger partial charge on any atom is 0.267 e. The van der Waals surface area contributed by atoms with E-state index in [1.807, 2.05) is 0 Å². The van der Waals surface area contributed by atoms with Crippen LogP contribution >= 0.6 is 0 Å². The monoisotopic (exact) mass is 394 g/mol. The lowest BCUT2D eigenvalue weighted by Gasteiger charge is -2.30. The number of pyridine rings is 1. The summed E-state index contributed by atoms with van der Waals surface area (Å²) in [5, 5.41) is 0. The van der Waals surface area contributed by atoms with E-state index < -0.39 is 45.5 Å². The molecule has 2 heterocycles. The van der Waals surface area contributed by atoms with Gasteiger partial charge in [0.25, 0.3) is 5.56 Å². The SMILES string of the molecule is CC(N)C(C)(C)Cc1c(-c2c(F)cc(F)cc2F)c(F)nc2ncc(=O)[nH]c12. The van der Waals surface area contributed by atoms with Crippen molar-refractivity contribution in [2.45, 2.75) is 33.2 Å². The number of hydrogen-bond donors (Lipinski definition) is 2. The van der Waals surface area contributed by atoms with Gasteiger partial charge in [-0.1, -0.05) is 13.8 Å². The lowest BCUT2D eigenvalue weighted by Crippen LogP contribution is -2.36. The van der Waals surface area contributed by atoms with Crippen molar-refractivity contribution in [1.82, 2.24) is 15.0 Å². The van der Waals surface area contributed by atoms with Gasteiger partial charge in [0, 0.05) is 23.7 Å². The Balaban J connectivity index is 2.44. The van der Waals surface area contributed by atoms with E-state index in [0.717, 1.165) is 6.20 Å². The average Bonchev–Trinajstić information content (AvgIpc) is 2.56. The molecular weight excluding hydrogens is 376 g/mol. The highest BCUT2D eigenvalue weighted by Crippen LogP contribution is 2.38. The molecule has 2 aromatic heterocycles. The number of nitrogens with zero attached hydrogens (tertiary/aromatic N) is 2. The summed E-state index contributed by atoms with van der Waals surface area (Å²) in [4.78, 5) is 21.7. The molecule has 0 aliphatic heterocycles. The van der Waals surface area contributed by atoms with Gasteiger partial charge in [-0.05, 0) is 24.3 Å². The second-order valence-electron chi connectivity index (χ2n) is 7.40. The van der Waals surface area contributed by atoms with Crippen LogP contribution < -0.4 is 11.3 Å². The van der Waals surface area contributed by atoms with Crippen LogP contribution in [0.1, 0.15) is 26.3 Å². The van der Waals surface area contributed by atoms with E-state index in [9.17, 15) is 22.4 Å². The van der Waals surface area contributed by atoms with E-state index in [4.69, 9.17) is 5.73 Å². The van der Waals surface area contributed by atoms with Crippen LogP contribution in [0.15, 0.2) is 23.1 Å². The minimum Gasteiger partial charge on any atom is -0.327 e. The van der Waals surface area contributed by atoms with Gasteiger partial charge in [-0.3, -0.25) is 4.79 Å². The van der Waals surface area contributed by atoms with E-state index in [-0.39, 0.29) is 29.2 Å². The van der Waals surface area contributed by atoms with Crippen LogP contribution in [0.4, 0.5) is 17.6 Å². The second-order valence-corrected chi connectivity index (χ2v) is 7.40. The molecule has 0 fully saturated rings. The minimum absolute atomic E-state index is 0.0424. The molecule has 9 heteroatoms. The fourth-order valence-corrected chi connectivity index (χ4v) is 2.92. The lowest BCUT2D eigenvalue weighted by molar-refractivity contribution is 0.300. The quantitative estimate of drug-likeness (QED) is 0.524. The molecule has 1 aromatic carbocycles. The predicted octanol–water partition coefficient (Wildman–Crippen LogP) is 3.46. The molecule has 0 amide bonds. The number of halogens is 4. The molecule has 0 radical (unpaired) electrons. The van der Waals surface area contributed by atoms with Crippen molar-refractivity contribution in [3.8, 4) is 11.1 Å². The summed E-state index contributed by atoms with van der Waals surface area (Å²) in [6.45, 7) is 5.31. The van der Waals surface area contributed by atoms with Crippen molar-refractivity contribution in [3.05, 3.63) is 57.6 Å². The number of benzene rings is 1. The van der Waals surface area contributed by atoms with E-state index in [1.54, 1.807) is 20.8 Å². The van der Waals surface area contributed by atoms with Crippen molar-refractivity contribution >= 4 is 11.2 Å². The Morgan fingerprint density at radius 1 is 1.14 bits per heavy atom. The van der Waals surface area contributed by atoms with E-state index in [2.05, 4.69) is 15.0 Å². The number of H-pyrrole nitrogens is 1. The Bertz CT molecular complexity index is 1100. The molecule has 0 aliphatic carbocycles. The summed E-state index contributed by atoms with van der Waals surface area (Å²) in [5.41, 5.74) is 3.50. The summed E-state index contributed by atoms with van der Waals surface area (Å²) < 4.78 is 57.1. The van der Waals surface area contributed by atoms with E-state index >= 15 is 0 Å². The van der Waals surface area contributed by atoms with E-state index in [0.29, 0.717) is 12.1 Å². The molecule has 1 atom stereocenters. The van der Waals surface area contributed by atoms with Crippen LogP contribution in [0.3, 0.4) is 0 Å². The van der Waals surface area contributed by atoms with E-state index in [1.165, 1.54) is 0 Å². The molecule has 148 valence electrons. The standard InChI is InChI=1S/C19H18F4N4O/c1-8(24)19(2,3)6-10-14(15-11(21)4-9(20)5-12(15)22)17(23)27-18-16(10)26-13(28)7-25-18/h4-5,7-8H,6,24H2,1-3H3,(H,26,28). The van der Waals surface area contributed by atoms with Crippen LogP contribution in [0, 0.1) is 28.8 Å². The molecule has 3 rings (SSSR count). The predicted molar refractivity (Wildman–Crippen MR) is 96.6 cm³/mol. The zero-order valence-corrected chi connectivity index (χ0v) is 15.4. The molecule has 5 nitrogen and oxygen atoms in total. The third-order valence-electron chi connectivity index (χ3n) is 4.91. The van der Waals surface area contributed by atoms with Gasteiger partial charge >= 0.3 is 0 Å². The Hall–Kier alpha value is -2.81. The Morgan fingerprint density at radius 2 is 1.75 bits per heavy atom. The van der Waals surface area contributed by atoms with Crippen molar-refractivity contribution < 1.29 is 17.6 Å². The summed E-state index contributed by atoms with van der Waals surface area (Å²) in [6.07, 6.45) is 0.974. The molecule has 3 N–H and O–H groups in total. The maximum absolute atomic E-state index is 14.9. The number of nitrogens with one attached hydrogen (secondary N) is 1. The molecule has 0 aliphatic rings.